The topological polar surface area (TPSA) is 137 Å². The molecule has 2 aliphatic rings. The number of carbonyl (C=O) groups is 4. The molecule has 0 aromatic carbocycles. The summed E-state index contributed by atoms with van der Waals surface area (Å²) in [4.78, 5) is 53.6. The number of aliphatic hydroxyl groups is 1. The quantitative estimate of drug-likeness (QED) is 0.0482. The van der Waals surface area contributed by atoms with Crippen LogP contribution in [0.5, 0.6) is 0 Å². The van der Waals surface area contributed by atoms with Crippen LogP contribution in [0.4, 0.5) is 0 Å². The van der Waals surface area contributed by atoms with Gasteiger partial charge in [-0.05, 0) is 42.3 Å². The second-order valence-corrected chi connectivity index (χ2v) is 14.6. The van der Waals surface area contributed by atoms with Crippen molar-refractivity contribution in [2.75, 3.05) is 26.3 Å². The van der Waals surface area contributed by atoms with Crippen LogP contribution in [0.1, 0.15) is 154 Å². The van der Waals surface area contributed by atoms with Gasteiger partial charge in [0.15, 0.2) is 5.78 Å². The number of carbonyl (C=O) groups excluding carboxylic acids is 4. The molecule has 54 heavy (non-hydrogen) atoms. The number of unbranched alkanes of at least 4 members (excludes halogenated alkanes) is 18. The number of Topliss-reactive ketones (excluding diaryl/α,β-unsaturated/α-hetero) is 1. The zero-order valence-corrected chi connectivity index (χ0v) is 33.2. The molecular weight excluding hydrogens is 684 g/mol. The average Bonchev–Trinajstić information content (AvgIpc) is 3.57. The molecule has 0 amide bonds. The maximum Gasteiger partial charge on any atom is 0.325 e. The summed E-state index contributed by atoms with van der Waals surface area (Å²) in [6.07, 6.45) is 30.7. The molecule has 0 fully saturated rings. The van der Waals surface area contributed by atoms with Crippen LogP contribution in [0.2, 0.25) is 0 Å². The minimum absolute atomic E-state index is 0.0348. The molecule has 0 saturated carbocycles. The van der Waals surface area contributed by atoms with Gasteiger partial charge in [-0.2, -0.15) is 0 Å². The number of allylic oxidation sites excluding steroid dienone is 7. The molecule has 0 bridgehead atoms. The fraction of sp³-hybridized carbons (Fsp3) is 0.614. The summed E-state index contributed by atoms with van der Waals surface area (Å²) in [7, 11) is 0. The lowest BCUT2D eigenvalue weighted by molar-refractivity contribution is -0.614. The number of esters is 2. The number of rotatable bonds is 29. The van der Waals surface area contributed by atoms with Crippen molar-refractivity contribution < 1.29 is 43.4 Å². The third-order valence-electron chi connectivity index (χ3n) is 9.83. The number of hydrogen-bond acceptors (Lipinski definition) is 9. The van der Waals surface area contributed by atoms with E-state index in [2.05, 4.69) is 19.0 Å². The Morgan fingerprint density at radius 2 is 1.20 bits per heavy atom. The molecule has 2 N–H and O–H groups in total. The molecular formula is C44H65N2O8+. The van der Waals surface area contributed by atoms with Crippen molar-refractivity contribution in [2.24, 2.45) is 0 Å². The van der Waals surface area contributed by atoms with Gasteiger partial charge < -0.3 is 19.5 Å². The van der Waals surface area contributed by atoms with E-state index in [1.807, 2.05) is 6.92 Å². The number of aromatic nitrogens is 1. The Hall–Kier alpha value is -4.21. The summed E-state index contributed by atoms with van der Waals surface area (Å²) in [5.74, 6) is -1.80. The predicted octanol–water partition coefficient (Wildman–Crippen LogP) is 9.36. The minimum Gasteiger partial charge on any atom is -0.506 e. The molecule has 0 unspecified atom stereocenters. The van der Waals surface area contributed by atoms with E-state index in [9.17, 15) is 24.3 Å². The Labute approximate surface area is 322 Å². The number of aryl methyl sites for hydroxylation is 1. The summed E-state index contributed by atoms with van der Waals surface area (Å²) >= 11 is 0. The van der Waals surface area contributed by atoms with Crippen molar-refractivity contribution in [1.29, 1.82) is 0 Å². The van der Waals surface area contributed by atoms with Gasteiger partial charge in [0, 0.05) is 24.3 Å². The molecule has 0 saturated heterocycles. The van der Waals surface area contributed by atoms with Gasteiger partial charge in [-0.25, -0.2) is 4.52 Å². The fourth-order valence-electron chi connectivity index (χ4n) is 6.59. The van der Waals surface area contributed by atoms with Crippen molar-refractivity contribution in [3.8, 4) is 0 Å². The first-order valence-corrected chi connectivity index (χ1v) is 20.6. The Balaban J connectivity index is 1.53. The molecule has 1 aromatic heterocycles. The number of ether oxygens (including phenoxy) is 2. The monoisotopic (exact) mass is 749 g/mol. The molecule has 0 atom stereocenters. The van der Waals surface area contributed by atoms with E-state index in [0.717, 1.165) is 44.2 Å². The fourth-order valence-corrected chi connectivity index (χ4v) is 6.59. The first-order valence-electron chi connectivity index (χ1n) is 20.6. The van der Waals surface area contributed by atoms with Crippen LogP contribution in [-0.2, 0) is 28.7 Å². The van der Waals surface area contributed by atoms with Crippen LogP contribution in [0, 0.1) is 6.92 Å². The normalized spacial score (nSPS) is 15.6. The van der Waals surface area contributed by atoms with E-state index in [1.165, 1.54) is 113 Å². The van der Waals surface area contributed by atoms with E-state index in [-0.39, 0.29) is 35.6 Å². The summed E-state index contributed by atoms with van der Waals surface area (Å²) in [6, 6.07) is 1.74. The van der Waals surface area contributed by atoms with Gasteiger partial charge in [0.1, 0.15) is 18.8 Å². The third-order valence-corrected chi connectivity index (χ3v) is 9.83. The van der Waals surface area contributed by atoms with Crippen molar-refractivity contribution in [1.82, 2.24) is 4.90 Å². The highest BCUT2D eigenvalue weighted by atomic mass is 16.5. The summed E-state index contributed by atoms with van der Waals surface area (Å²) in [5, 5.41) is 13.4. The van der Waals surface area contributed by atoms with Gasteiger partial charge in [0.25, 0.3) is 0 Å². The predicted molar refractivity (Wildman–Crippen MR) is 210 cm³/mol. The van der Waals surface area contributed by atoms with Gasteiger partial charge in [-0.1, -0.05) is 129 Å². The highest BCUT2D eigenvalue weighted by molar-refractivity contribution is 6.26. The minimum atomic E-state index is -0.524. The maximum atomic E-state index is 13.3. The zero-order chi connectivity index (χ0) is 39.0. The molecule has 0 aliphatic heterocycles. The Morgan fingerprint density at radius 1 is 0.722 bits per heavy atom. The first-order chi connectivity index (χ1) is 26.2. The summed E-state index contributed by atoms with van der Waals surface area (Å²) in [6.45, 7) is 6.36. The second kappa shape index (κ2) is 25.7. The van der Waals surface area contributed by atoms with Crippen molar-refractivity contribution in [3.05, 3.63) is 70.0 Å². The van der Waals surface area contributed by atoms with E-state index in [0.29, 0.717) is 24.7 Å². The van der Waals surface area contributed by atoms with Crippen LogP contribution in [-0.4, -0.2) is 59.8 Å². The number of aliphatic hydroxyl groups excluding tert-OH is 1. The lowest BCUT2D eigenvalue weighted by Gasteiger charge is -2.26. The van der Waals surface area contributed by atoms with E-state index in [4.69, 9.17) is 14.0 Å². The molecule has 0 spiro atoms. The van der Waals surface area contributed by atoms with Crippen LogP contribution >= 0.6 is 0 Å². The average molecular weight is 750 g/mol. The number of H-pyrrole nitrogens is 1. The van der Waals surface area contributed by atoms with Gasteiger partial charge in [-0.15, -0.1) is 0 Å². The Kier molecular flexibility index (Phi) is 21.1. The highest BCUT2D eigenvalue weighted by Gasteiger charge is 2.36. The number of ketones is 2. The number of aromatic amines is 1. The Bertz CT molecular complexity index is 1470. The Morgan fingerprint density at radius 3 is 1.63 bits per heavy atom. The number of hydrogen-bond donors (Lipinski definition) is 1. The van der Waals surface area contributed by atoms with Crippen molar-refractivity contribution in [3.63, 3.8) is 0 Å². The maximum absolute atomic E-state index is 13.3. The third kappa shape index (κ3) is 16.0. The molecule has 10 heteroatoms. The lowest BCUT2D eigenvalue weighted by atomic mass is 9.82. The molecule has 10 nitrogen and oxygen atoms in total. The lowest BCUT2D eigenvalue weighted by Crippen LogP contribution is -2.36. The van der Waals surface area contributed by atoms with Crippen molar-refractivity contribution >= 4 is 29.6 Å². The van der Waals surface area contributed by atoms with Crippen LogP contribution in [0.3, 0.4) is 0 Å². The molecule has 1 heterocycles. The van der Waals surface area contributed by atoms with Gasteiger partial charge >= 0.3 is 11.9 Å². The number of nitrogens with one attached hydrogen (secondary N) is 1. The van der Waals surface area contributed by atoms with E-state index in [1.54, 1.807) is 18.2 Å². The van der Waals surface area contributed by atoms with Crippen LogP contribution in [0.15, 0.2) is 63.1 Å². The smallest absolute Gasteiger partial charge is 0.325 e. The van der Waals surface area contributed by atoms with Gasteiger partial charge in [0.05, 0.1) is 30.4 Å². The van der Waals surface area contributed by atoms with Crippen LogP contribution in [0.25, 0.3) is 6.08 Å². The molecule has 2 aliphatic carbocycles. The SMILES string of the molecule is CCCCCCCCCCCCOC(=O)CN(CC(=O)OCCCCCCCCCCCC)C1=CC(=O)/C(=C2/C(=O)C(/C=C/c3cc(C)[nH+]o3)=C2O)C=C1. The van der Waals surface area contributed by atoms with Crippen molar-refractivity contribution in [2.45, 2.75) is 149 Å². The second-order valence-electron chi connectivity index (χ2n) is 14.6. The van der Waals surface area contributed by atoms with E-state index < -0.39 is 23.5 Å². The van der Waals surface area contributed by atoms with Gasteiger partial charge in [0.2, 0.25) is 17.2 Å². The standard InChI is InChI=1S/C44H64N2O8/c1-4-6-8-10-12-14-16-18-20-22-28-52-40(48)32-46(33-41(49)53-29-23-21-19-17-15-13-11-9-7-5-2)35-24-26-37(39(47)31-35)42-43(50)38(44(42)51)27-25-36-30-34(3)45-54-36/h24-27,30-31,50H,4-23,28-29,32-33H2,1-3H3/p+1/b27-25+,42-37+. The number of nitrogens with zero attached hydrogens (tertiary/aromatic N) is 1. The van der Waals surface area contributed by atoms with Gasteiger partial charge in [-0.3, -0.25) is 19.2 Å². The summed E-state index contributed by atoms with van der Waals surface area (Å²) < 4.78 is 16.3. The van der Waals surface area contributed by atoms with Crippen LogP contribution < -0.4 is 5.16 Å². The molecule has 3 rings (SSSR count). The highest BCUT2D eigenvalue weighted by Crippen LogP contribution is 2.34. The molecule has 1 aromatic rings. The van der Waals surface area contributed by atoms with E-state index >= 15 is 0 Å². The molecule has 298 valence electrons. The largest absolute Gasteiger partial charge is 0.506 e. The zero-order valence-electron chi connectivity index (χ0n) is 33.2. The first kappa shape index (κ1) is 44.2. The molecule has 0 radical (unpaired) electrons. The summed E-state index contributed by atoms with van der Waals surface area (Å²) in [5.41, 5.74) is 1.14.